The van der Waals surface area contributed by atoms with Crippen LogP contribution in [0.1, 0.15) is 47.2 Å². The van der Waals surface area contributed by atoms with Crippen LogP contribution in [0.15, 0.2) is 85.2 Å². The van der Waals surface area contributed by atoms with E-state index in [0.717, 1.165) is 33.4 Å². The van der Waals surface area contributed by atoms with Crippen molar-refractivity contribution in [2.24, 2.45) is 0 Å². The number of aromatic nitrogens is 1. The fraction of sp³-hybridized carbons (Fsp3) is 0.286. The SMILES string of the molecule is O=C(CCCOc1ccc(-c2ccc(C(=O)N3CCC(F)(F)CC3)cc2)cc1-c1ccc(F)cc1)N1Cc2ccncc2C1. The Bertz CT molecular complexity index is 1620. The minimum absolute atomic E-state index is 0.0362. The van der Waals surface area contributed by atoms with Crippen molar-refractivity contribution in [3.8, 4) is 28.0 Å². The van der Waals surface area contributed by atoms with Crippen molar-refractivity contribution in [3.05, 3.63) is 108 Å². The molecular formula is C35H32F3N3O3. The average molecular weight is 600 g/mol. The van der Waals surface area contributed by atoms with Gasteiger partial charge in [0.15, 0.2) is 0 Å². The third-order valence-corrected chi connectivity index (χ3v) is 8.25. The van der Waals surface area contributed by atoms with Gasteiger partial charge in [-0.1, -0.05) is 30.3 Å². The summed E-state index contributed by atoms with van der Waals surface area (Å²) >= 11 is 0. The van der Waals surface area contributed by atoms with Gasteiger partial charge in [-0.3, -0.25) is 14.6 Å². The number of hydrogen-bond donors (Lipinski definition) is 0. The largest absolute Gasteiger partial charge is 0.493 e. The molecule has 9 heteroatoms. The Kier molecular flexibility index (Phi) is 8.37. The molecule has 2 aliphatic rings. The predicted molar refractivity (Wildman–Crippen MR) is 161 cm³/mol. The number of ether oxygens (including phenoxy) is 1. The molecule has 3 heterocycles. The second kappa shape index (κ2) is 12.5. The molecule has 2 amide bonds. The van der Waals surface area contributed by atoms with Crippen LogP contribution in [0.25, 0.3) is 22.3 Å². The first-order valence-corrected chi connectivity index (χ1v) is 14.8. The van der Waals surface area contributed by atoms with E-state index in [0.29, 0.717) is 43.9 Å². The van der Waals surface area contributed by atoms with Crippen LogP contribution in [0.3, 0.4) is 0 Å². The van der Waals surface area contributed by atoms with Gasteiger partial charge in [-0.25, -0.2) is 13.2 Å². The lowest BCUT2D eigenvalue weighted by atomic mass is 9.97. The number of amides is 2. The summed E-state index contributed by atoms with van der Waals surface area (Å²) in [7, 11) is 0. The van der Waals surface area contributed by atoms with Crippen LogP contribution in [-0.2, 0) is 17.9 Å². The summed E-state index contributed by atoms with van der Waals surface area (Å²) in [6.45, 7) is 1.58. The van der Waals surface area contributed by atoms with E-state index >= 15 is 0 Å². The molecule has 6 nitrogen and oxygen atoms in total. The van der Waals surface area contributed by atoms with Crippen molar-refractivity contribution in [1.29, 1.82) is 0 Å². The molecule has 0 aliphatic carbocycles. The molecular weight excluding hydrogens is 567 g/mol. The summed E-state index contributed by atoms with van der Waals surface area (Å²) in [6.07, 6.45) is 3.80. The lowest BCUT2D eigenvalue weighted by Crippen LogP contribution is -2.42. The molecule has 0 atom stereocenters. The predicted octanol–water partition coefficient (Wildman–Crippen LogP) is 7.13. The van der Waals surface area contributed by atoms with Crippen LogP contribution >= 0.6 is 0 Å². The molecule has 6 rings (SSSR count). The molecule has 0 saturated carbocycles. The monoisotopic (exact) mass is 599 g/mol. The Morgan fingerprint density at radius 1 is 0.818 bits per heavy atom. The number of halogens is 3. The molecule has 2 aliphatic heterocycles. The number of carbonyl (C=O) groups excluding carboxylic acids is 2. The molecule has 3 aromatic carbocycles. The van der Waals surface area contributed by atoms with E-state index in [1.807, 2.05) is 47.5 Å². The lowest BCUT2D eigenvalue weighted by molar-refractivity contribution is -0.132. The van der Waals surface area contributed by atoms with E-state index in [1.54, 1.807) is 30.5 Å². The smallest absolute Gasteiger partial charge is 0.253 e. The fourth-order valence-corrected chi connectivity index (χ4v) is 5.67. The molecule has 0 bridgehead atoms. The second-order valence-electron chi connectivity index (χ2n) is 11.3. The molecule has 226 valence electrons. The number of likely N-dealkylation sites (tertiary alicyclic amines) is 1. The van der Waals surface area contributed by atoms with Crippen LogP contribution in [0.4, 0.5) is 13.2 Å². The first-order chi connectivity index (χ1) is 21.3. The molecule has 0 radical (unpaired) electrons. The van der Waals surface area contributed by atoms with Crippen molar-refractivity contribution >= 4 is 11.8 Å². The van der Waals surface area contributed by atoms with Crippen LogP contribution in [0.2, 0.25) is 0 Å². The van der Waals surface area contributed by atoms with Crippen LogP contribution < -0.4 is 4.74 Å². The van der Waals surface area contributed by atoms with Gasteiger partial charge in [0, 0.05) is 69.0 Å². The zero-order valence-electron chi connectivity index (χ0n) is 24.1. The van der Waals surface area contributed by atoms with Gasteiger partial charge in [-0.05, 0) is 76.7 Å². The third kappa shape index (κ3) is 6.61. The highest BCUT2D eigenvalue weighted by Gasteiger charge is 2.35. The minimum Gasteiger partial charge on any atom is -0.493 e. The third-order valence-electron chi connectivity index (χ3n) is 8.25. The summed E-state index contributed by atoms with van der Waals surface area (Å²) in [5, 5.41) is 0. The molecule has 1 fully saturated rings. The summed E-state index contributed by atoms with van der Waals surface area (Å²) in [4.78, 5) is 33.1. The number of carbonyl (C=O) groups is 2. The Labute approximate surface area is 254 Å². The van der Waals surface area contributed by atoms with Crippen LogP contribution in [0, 0.1) is 5.82 Å². The van der Waals surface area contributed by atoms with Crippen LogP contribution in [-0.4, -0.2) is 52.2 Å². The summed E-state index contributed by atoms with van der Waals surface area (Å²) in [5.41, 5.74) is 5.92. The molecule has 1 aromatic heterocycles. The Hall–Kier alpha value is -4.66. The maximum atomic E-state index is 13.7. The topological polar surface area (TPSA) is 62.7 Å². The Balaban J connectivity index is 1.12. The quantitative estimate of drug-likeness (QED) is 0.202. The van der Waals surface area contributed by atoms with Crippen molar-refractivity contribution < 1.29 is 27.5 Å². The summed E-state index contributed by atoms with van der Waals surface area (Å²) < 4.78 is 46.9. The molecule has 0 spiro atoms. The number of rotatable bonds is 8. The highest BCUT2D eigenvalue weighted by atomic mass is 19.3. The van der Waals surface area contributed by atoms with Gasteiger partial charge < -0.3 is 14.5 Å². The van der Waals surface area contributed by atoms with E-state index in [2.05, 4.69) is 4.98 Å². The van der Waals surface area contributed by atoms with Crippen LogP contribution in [0.5, 0.6) is 5.75 Å². The van der Waals surface area contributed by atoms with Gasteiger partial charge >= 0.3 is 0 Å². The van der Waals surface area contributed by atoms with E-state index < -0.39 is 5.92 Å². The standard InChI is InChI=1S/C35H32F3N3O3/c36-30-10-7-25(8-11-30)31-20-27(24-3-5-26(6-4-24)34(43)40-17-14-35(37,38)15-18-40)9-12-32(31)44-19-1-2-33(42)41-22-28-13-16-39-21-29(28)23-41/h3-13,16,20-21H,1-2,14-15,17-19,22-23H2. The number of piperidine rings is 1. The maximum absolute atomic E-state index is 13.7. The maximum Gasteiger partial charge on any atom is 0.253 e. The summed E-state index contributed by atoms with van der Waals surface area (Å²) in [6, 6.07) is 20.9. The molecule has 0 unspecified atom stereocenters. The Morgan fingerprint density at radius 3 is 2.23 bits per heavy atom. The van der Waals surface area contributed by atoms with Crippen molar-refractivity contribution in [1.82, 2.24) is 14.8 Å². The number of alkyl halides is 2. The van der Waals surface area contributed by atoms with Gasteiger partial charge in [0.25, 0.3) is 11.8 Å². The van der Waals surface area contributed by atoms with Gasteiger partial charge in [0.2, 0.25) is 5.91 Å². The zero-order chi connectivity index (χ0) is 30.7. The van der Waals surface area contributed by atoms with Crippen molar-refractivity contribution in [2.45, 2.75) is 44.7 Å². The Morgan fingerprint density at radius 2 is 1.50 bits per heavy atom. The average Bonchev–Trinajstić information content (AvgIpc) is 3.48. The zero-order valence-corrected chi connectivity index (χ0v) is 24.1. The highest BCUT2D eigenvalue weighted by molar-refractivity contribution is 5.95. The number of pyridine rings is 1. The normalized spacial score (nSPS) is 15.6. The van der Waals surface area contributed by atoms with E-state index in [1.165, 1.54) is 17.0 Å². The fourth-order valence-electron chi connectivity index (χ4n) is 5.67. The first-order valence-electron chi connectivity index (χ1n) is 14.8. The van der Waals surface area contributed by atoms with Gasteiger partial charge in [-0.15, -0.1) is 0 Å². The van der Waals surface area contributed by atoms with Gasteiger partial charge in [0.05, 0.1) is 6.61 Å². The van der Waals surface area contributed by atoms with Gasteiger partial charge in [-0.2, -0.15) is 0 Å². The second-order valence-corrected chi connectivity index (χ2v) is 11.3. The van der Waals surface area contributed by atoms with E-state index in [-0.39, 0.29) is 43.6 Å². The first kappa shape index (κ1) is 29.4. The van der Waals surface area contributed by atoms with Crippen molar-refractivity contribution in [3.63, 3.8) is 0 Å². The lowest BCUT2D eigenvalue weighted by Gasteiger charge is -2.31. The molecule has 4 aromatic rings. The number of hydrogen-bond acceptors (Lipinski definition) is 4. The molecule has 44 heavy (non-hydrogen) atoms. The highest BCUT2D eigenvalue weighted by Crippen LogP contribution is 2.35. The summed E-state index contributed by atoms with van der Waals surface area (Å²) in [5.74, 6) is -2.63. The minimum atomic E-state index is -2.71. The molecule has 0 N–H and O–H groups in total. The van der Waals surface area contributed by atoms with E-state index in [4.69, 9.17) is 4.74 Å². The van der Waals surface area contributed by atoms with Gasteiger partial charge in [0.1, 0.15) is 11.6 Å². The van der Waals surface area contributed by atoms with E-state index in [9.17, 15) is 22.8 Å². The molecule has 1 saturated heterocycles. The number of benzene rings is 3. The number of nitrogens with zero attached hydrogens (tertiary/aromatic N) is 3. The van der Waals surface area contributed by atoms with Crippen molar-refractivity contribution in [2.75, 3.05) is 19.7 Å². The number of fused-ring (bicyclic) bond motifs is 1.